The molecule has 0 bridgehead atoms. The summed E-state index contributed by atoms with van der Waals surface area (Å²) in [6.07, 6.45) is 1.59. The lowest BCUT2D eigenvalue weighted by Gasteiger charge is -2.21. The van der Waals surface area contributed by atoms with E-state index in [0.29, 0.717) is 24.5 Å². The monoisotopic (exact) mass is 454 g/mol. The van der Waals surface area contributed by atoms with Crippen LogP contribution in [0.15, 0.2) is 41.8 Å². The number of aliphatic carboxylic acids is 1. The van der Waals surface area contributed by atoms with E-state index in [2.05, 4.69) is 51.3 Å². The van der Waals surface area contributed by atoms with Crippen LogP contribution in [0.4, 0.5) is 4.39 Å². The molecule has 0 unspecified atom stereocenters. The number of hydrogen-bond donors (Lipinski definition) is 1. The summed E-state index contributed by atoms with van der Waals surface area (Å²) in [7, 11) is 0. The van der Waals surface area contributed by atoms with Crippen LogP contribution in [-0.2, 0) is 4.79 Å². The number of carboxylic acids is 1. The third kappa shape index (κ3) is 5.21. The predicted octanol–water partition coefficient (Wildman–Crippen LogP) is 8.04. The zero-order chi connectivity index (χ0) is 23.4. The van der Waals surface area contributed by atoms with Gasteiger partial charge in [0.2, 0.25) is 0 Å². The minimum atomic E-state index is -0.956. The third-order valence-electron chi connectivity index (χ3n) is 5.61. The van der Waals surface area contributed by atoms with Crippen molar-refractivity contribution in [1.82, 2.24) is 0 Å². The molecule has 2 aromatic carbocycles. The maximum Gasteiger partial charge on any atom is 0.328 e. The summed E-state index contributed by atoms with van der Waals surface area (Å²) < 4.78 is 20.1. The molecule has 0 aliphatic heterocycles. The Labute approximate surface area is 193 Å². The van der Waals surface area contributed by atoms with E-state index < -0.39 is 12.6 Å². The SMILES string of the molecule is CC(=CC(=O)O)c1ccc2scc(-c3cc(C(C)C)cc(C(C)C)c3OCCCF)c2c1. The molecule has 3 aromatic rings. The van der Waals surface area contributed by atoms with E-state index in [1.807, 2.05) is 19.1 Å². The van der Waals surface area contributed by atoms with E-state index in [9.17, 15) is 9.18 Å². The van der Waals surface area contributed by atoms with E-state index in [1.54, 1.807) is 11.3 Å². The van der Waals surface area contributed by atoms with Gasteiger partial charge in [-0.25, -0.2) is 4.79 Å². The lowest BCUT2D eigenvalue weighted by molar-refractivity contribution is -0.131. The van der Waals surface area contributed by atoms with Gasteiger partial charge in [-0.3, -0.25) is 4.39 Å². The molecule has 170 valence electrons. The van der Waals surface area contributed by atoms with Crippen molar-refractivity contribution in [2.75, 3.05) is 13.3 Å². The summed E-state index contributed by atoms with van der Waals surface area (Å²) in [6.45, 7) is 10.4. The first-order chi connectivity index (χ1) is 15.2. The van der Waals surface area contributed by atoms with Crippen LogP contribution in [-0.4, -0.2) is 24.4 Å². The molecule has 0 saturated heterocycles. The maximum atomic E-state index is 12.8. The van der Waals surface area contributed by atoms with Gasteiger partial charge in [0.25, 0.3) is 0 Å². The minimum absolute atomic E-state index is 0.258. The van der Waals surface area contributed by atoms with Crippen LogP contribution in [0.2, 0.25) is 0 Å². The first-order valence-corrected chi connectivity index (χ1v) is 11.9. The lowest BCUT2D eigenvalue weighted by Crippen LogP contribution is -2.05. The summed E-state index contributed by atoms with van der Waals surface area (Å²) in [4.78, 5) is 11.1. The molecular formula is C27H31FO3S. The van der Waals surface area contributed by atoms with Crippen molar-refractivity contribution < 1.29 is 19.0 Å². The van der Waals surface area contributed by atoms with Crippen LogP contribution in [0.1, 0.15) is 69.6 Å². The highest BCUT2D eigenvalue weighted by atomic mass is 32.1. The van der Waals surface area contributed by atoms with Crippen molar-refractivity contribution in [3.8, 4) is 16.9 Å². The van der Waals surface area contributed by atoms with E-state index in [1.165, 1.54) is 11.6 Å². The van der Waals surface area contributed by atoms with E-state index in [4.69, 9.17) is 9.84 Å². The van der Waals surface area contributed by atoms with Crippen molar-refractivity contribution in [3.63, 3.8) is 0 Å². The maximum absolute atomic E-state index is 12.8. The van der Waals surface area contributed by atoms with Gasteiger partial charge in [-0.15, -0.1) is 11.3 Å². The average molecular weight is 455 g/mol. The van der Waals surface area contributed by atoms with E-state index >= 15 is 0 Å². The Bertz CT molecular complexity index is 1140. The smallest absolute Gasteiger partial charge is 0.328 e. The normalized spacial score (nSPS) is 12.2. The first kappa shape index (κ1) is 24.0. The molecule has 0 radical (unpaired) electrons. The molecule has 0 spiro atoms. The molecule has 0 saturated carbocycles. The number of thiophene rings is 1. The largest absolute Gasteiger partial charge is 0.493 e. The van der Waals surface area contributed by atoms with Gasteiger partial charge in [-0.05, 0) is 64.6 Å². The van der Waals surface area contributed by atoms with E-state index in [0.717, 1.165) is 38.1 Å². The predicted molar refractivity (Wildman–Crippen MR) is 133 cm³/mol. The average Bonchev–Trinajstić information content (AvgIpc) is 3.16. The molecule has 1 aromatic heterocycles. The highest BCUT2D eigenvalue weighted by molar-refractivity contribution is 7.17. The summed E-state index contributed by atoms with van der Waals surface area (Å²) in [6, 6.07) is 10.5. The Balaban J connectivity index is 2.25. The van der Waals surface area contributed by atoms with Gasteiger partial charge in [-0.2, -0.15) is 0 Å². The van der Waals surface area contributed by atoms with Crippen molar-refractivity contribution in [2.24, 2.45) is 0 Å². The number of ether oxygens (including phenoxy) is 1. The highest BCUT2D eigenvalue weighted by Crippen LogP contribution is 2.44. The topological polar surface area (TPSA) is 46.5 Å². The molecule has 0 aliphatic rings. The fraction of sp³-hybridized carbons (Fsp3) is 0.370. The Kier molecular flexibility index (Phi) is 7.73. The number of halogens is 1. The summed E-state index contributed by atoms with van der Waals surface area (Å²) in [5, 5.41) is 12.3. The summed E-state index contributed by atoms with van der Waals surface area (Å²) in [5.74, 6) is 0.477. The van der Waals surface area contributed by atoms with Crippen LogP contribution < -0.4 is 4.74 Å². The number of carbonyl (C=O) groups is 1. The summed E-state index contributed by atoms with van der Waals surface area (Å²) >= 11 is 1.66. The van der Waals surface area contributed by atoms with E-state index in [-0.39, 0.29) is 5.92 Å². The van der Waals surface area contributed by atoms with Gasteiger partial charge in [0, 0.05) is 33.7 Å². The minimum Gasteiger partial charge on any atom is -0.493 e. The molecule has 3 rings (SSSR count). The zero-order valence-corrected chi connectivity index (χ0v) is 20.2. The van der Waals surface area contributed by atoms with Crippen LogP contribution in [0.5, 0.6) is 5.75 Å². The number of hydrogen-bond acceptors (Lipinski definition) is 3. The zero-order valence-electron chi connectivity index (χ0n) is 19.4. The van der Waals surface area contributed by atoms with Gasteiger partial charge >= 0.3 is 5.97 Å². The number of alkyl halides is 1. The van der Waals surface area contributed by atoms with Crippen molar-refractivity contribution in [3.05, 3.63) is 58.5 Å². The molecule has 5 heteroatoms. The van der Waals surface area contributed by atoms with Gasteiger partial charge in [0.1, 0.15) is 5.75 Å². The van der Waals surface area contributed by atoms with Crippen molar-refractivity contribution >= 4 is 33.0 Å². The summed E-state index contributed by atoms with van der Waals surface area (Å²) in [5.41, 5.74) is 6.02. The number of benzene rings is 2. The Morgan fingerprint density at radius 1 is 1.12 bits per heavy atom. The number of rotatable bonds is 9. The molecule has 0 aliphatic carbocycles. The number of allylic oxidation sites excluding steroid dienone is 1. The molecular weight excluding hydrogens is 423 g/mol. The van der Waals surface area contributed by atoms with Gasteiger partial charge < -0.3 is 9.84 Å². The third-order valence-corrected chi connectivity index (χ3v) is 6.58. The Hall–Kier alpha value is -2.66. The molecule has 1 heterocycles. The van der Waals surface area contributed by atoms with Crippen LogP contribution in [0.3, 0.4) is 0 Å². The van der Waals surface area contributed by atoms with Crippen molar-refractivity contribution in [2.45, 2.75) is 52.9 Å². The van der Waals surface area contributed by atoms with Crippen LogP contribution in [0, 0.1) is 0 Å². The fourth-order valence-corrected chi connectivity index (χ4v) is 4.72. The second-order valence-corrected chi connectivity index (χ2v) is 9.62. The molecule has 3 nitrogen and oxygen atoms in total. The molecule has 0 fully saturated rings. The Morgan fingerprint density at radius 2 is 1.88 bits per heavy atom. The molecule has 0 atom stereocenters. The number of carboxylic acid groups (broad SMARTS) is 1. The van der Waals surface area contributed by atoms with Gasteiger partial charge in [0.15, 0.2) is 0 Å². The van der Waals surface area contributed by atoms with Gasteiger partial charge in [-0.1, -0.05) is 39.8 Å². The highest BCUT2D eigenvalue weighted by Gasteiger charge is 2.20. The second kappa shape index (κ2) is 10.3. The fourth-order valence-electron chi connectivity index (χ4n) is 3.78. The van der Waals surface area contributed by atoms with Crippen LogP contribution >= 0.6 is 11.3 Å². The molecule has 0 amide bonds. The lowest BCUT2D eigenvalue weighted by atomic mass is 9.89. The second-order valence-electron chi connectivity index (χ2n) is 8.71. The quantitative estimate of drug-likeness (QED) is 0.263. The van der Waals surface area contributed by atoms with Crippen molar-refractivity contribution in [1.29, 1.82) is 0 Å². The first-order valence-electron chi connectivity index (χ1n) is 11.0. The van der Waals surface area contributed by atoms with Gasteiger partial charge in [0.05, 0.1) is 13.3 Å². The molecule has 1 N–H and O–H groups in total. The standard InChI is InChI=1S/C27H31FO3S/c1-16(2)20-13-21(17(3)4)27(31-10-6-9-28)23(14-20)24-15-32-25-8-7-19(12-22(24)25)18(5)11-26(29)30/h7-8,11-17H,6,9-10H2,1-5H3,(H,29,30). The van der Waals surface area contributed by atoms with Crippen LogP contribution in [0.25, 0.3) is 26.8 Å². The molecule has 32 heavy (non-hydrogen) atoms. The Morgan fingerprint density at radius 3 is 2.50 bits per heavy atom. The number of fused-ring (bicyclic) bond motifs is 1.